The zero-order valence-electron chi connectivity index (χ0n) is 18.3. The summed E-state index contributed by atoms with van der Waals surface area (Å²) in [6, 6.07) is 26.9. The van der Waals surface area contributed by atoms with Crippen molar-refractivity contribution in [3.8, 4) is 11.5 Å². The number of nitrogens with zero attached hydrogens (tertiary/aromatic N) is 1. The molecular weight excluding hydrogens is 382 g/mol. The van der Waals surface area contributed by atoms with Crippen LogP contribution in [0.3, 0.4) is 0 Å². The van der Waals surface area contributed by atoms with Crippen LogP contribution in [-0.4, -0.2) is 12.8 Å². The van der Waals surface area contributed by atoms with Gasteiger partial charge in [-0.2, -0.15) is 0 Å². The SMILES string of the molecule is CCOc1cc(C=Nc2ccc(C)cc2C)ccc1OCc1cccc2ccccc12. The molecule has 4 aromatic carbocycles. The highest BCUT2D eigenvalue weighted by molar-refractivity contribution is 5.85. The van der Waals surface area contributed by atoms with E-state index in [1.165, 1.54) is 16.3 Å². The molecule has 156 valence electrons. The number of hydrogen-bond donors (Lipinski definition) is 0. The van der Waals surface area contributed by atoms with Gasteiger partial charge in [-0.15, -0.1) is 0 Å². The summed E-state index contributed by atoms with van der Waals surface area (Å²) in [6.45, 7) is 7.20. The molecule has 0 amide bonds. The summed E-state index contributed by atoms with van der Waals surface area (Å²) in [5.74, 6) is 1.46. The number of aliphatic imine (C=N–C) groups is 1. The summed E-state index contributed by atoms with van der Waals surface area (Å²) in [4.78, 5) is 4.65. The number of benzene rings is 4. The van der Waals surface area contributed by atoms with Crippen molar-refractivity contribution < 1.29 is 9.47 Å². The van der Waals surface area contributed by atoms with E-state index in [1.54, 1.807) is 0 Å². The summed E-state index contributed by atoms with van der Waals surface area (Å²) < 4.78 is 12.0. The third-order valence-electron chi connectivity index (χ3n) is 5.24. The third kappa shape index (κ3) is 4.95. The van der Waals surface area contributed by atoms with Crippen molar-refractivity contribution in [3.63, 3.8) is 0 Å². The molecule has 0 heterocycles. The maximum atomic E-state index is 6.16. The Balaban J connectivity index is 1.55. The van der Waals surface area contributed by atoms with Gasteiger partial charge in [-0.25, -0.2) is 0 Å². The molecule has 0 fully saturated rings. The van der Waals surface area contributed by atoms with Gasteiger partial charge in [0.25, 0.3) is 0 Å². The van der Waals surface area contributed by atoms with E-state index >= 15 is 0 Å². The van der Waals surface area contributed by atoms with Crippen molar-refractivity contribution in [2.45, 2.75) is 27.4 Å². The lowest BCUT2D eigenvalue weighted by Gasteiger charge is -2.14. The number of aryl methyl sites for hydroxylation is 2. The van der Waals surface area contributed by atoms with Crippen LogP contribution in [-0.2, 0) is 6.61 Å². The standard InChI is InChI=1S/C28H27NO2/c1-4-30-28-17-22(18-29-26-14-12-20(2)16-21(26)3)13-15-27(28)31-19-24-10-7-9-23-8-5-6-11-25(23)24/h5-18H,4,19H2,1-3H3. The van der Waals surface area contributed by atoms with E-state index in [-0.39, 0.29) is 0 Å². The van der Waals surface area contributed by atoms with Crippen LogP contribution in [0, 0.1) is 13.8 Å². The topological polar surface area (TPSA) is 30.8 Å². The van der Waals surface area contributed by atoms with Crippen LogP contribution in [0.25, 0.3) is 10.8 Å². The van der Waals surface area contributed by atoms with Gasteiger partial charge in [0, 0.05) is 6.21 Å². The zero-order chi connectivity index (χ0) is 21.6. The van der Waals surface area contributed by atoms with Gasteiger partial charge in [0.2, 0.25) is 0 Å². The molecule has 4 aromatic rings. The van der Waals surface area contributed by atoms with Gasteiger partial charge in [0.15, 0.2) is 11.5 Å². The minimum atomic E-state index is 0.484. The molecule has 0 bridgehead atoms. The molecule has 0 N–H and O–H groups in total. The van der Waals surface area contributed by atoms with E-state index < -0.39 is 0 Å². The van der Waals surface area contributed by atoms with E-state index in [4.69, 9.17) is 9.47 Å². The van der Waals surface area contributed by atoms with Gasteiger partial charge in [-0.1, -0.05) is 60.2 Å². The molecule has 0 saturated carbocycles. The summed E-state index contributed by atoms with van der Waals surface area (Å²) >= 11 is 0. The fraction of sp³-hybridized carbons (Fsp3) is 0.179. The molecular formula is C28H27NO2. The molecule has 0 aliphatic rings. The number of hydrogen-bond acceptors (Lipinski definition) is 3. The van der Waals surface area contributed by atoms with Crippen molar-refractivity contribution in [2.75, 3.05) is 6.61 Å². The molecule has 3 heteroatoms. The van der Waals surface area contributed by atoms with Gasteiger partial charge in [-0.05, 0) is 72.5 Å². The number of fused-ring (bicyclic) bond motifs is 1. The van der Waals surface area contributed by atoms with Crippen molar-refractivity contribution in [3.05, 3.63) is 101 Å². The molecule has 3 nitrogen and oxygen atoms in total. The first kappa shape index (κ1) is 20.7. The lowest BCUT2D eigenvalue weighted by Crippen LogP contribution is -2.01. The second-order valence-corrected chi connectivity index (χ2v) is 7.61. The predicted octanol–water partition coefficient (Wildman–Crippen LogP) is 7.18. The Morgan fingerprint density at radius 3 is 2.48 bits per heavy atom. The average molecular weight is 410 g/mol. The van der Waals surface area contributed by atoms with Crippen LogP contribution in [0.4, 0.5) is 5.69 Å². The molecule has 0 saturated heterocycles. The maximum absolute atomic E-state index is 6.16. The number of rotatable bonds is 7. The average Bonchev–Trinajstić information content (AvgIpc) is 2.78. The quantitative estimate of drug-likeness (QED) is 0.303. The van der Waals surface area contributed by atoms with E-state index in [0.717, 1.165) is 33.9 Å². The van der Waals surface area contributed by atoms with Crippen LogP contribution in [0.2, 0.25) is 0 Å². The van der Waals surface area contributed by atoms with Crippen LogP contribution in [0.1, 0.15) is 29.2 Å². The fourth-order valence-electron chi connectivity index (χ4n) is 3.66. The smallest absolute Gasteiger partial charge is 0.161 e. The molecule has 0 spiro atoms. The maximum Gasteiger partial charge on any atom is 0.161 e. The molecule has 31 heavy (non-hydrogen) atoms. The second-order valence-electron chi connectivity index (χ2n) is 7.61. The third-order valence-corrected chi connectivity index (χ3v) is 5.24. The first-order valence-corrected chi connectivity index (χ1v) is 10.6. The Morgan fingerprint density at radius 1 is 0.806 bits per heavy atom. The largest absolute Gasteiger partial charge is 0.490 e. The number of ether oxygens (including phenoxy) is 2. The highest BCUT2D eigenvalue weighted by Crippen LogP contribution is 2.30. The molecule has 0 aliphatic heterocycles. The van der Waals surface area contributed by atoms with Gasteiger partial charge < -0.3 is 9.47 Å². The van der Waals surface area contributed by atoms with E-state index in [2.05, 4.69) is 73.4 Å². The van der Waals surface area contributed by atoms with Crippen LogP contribution >= 0.6 is 0 Å². The summed E-state index contributed by atoms with van der Waals surface area (Å²) in [5.41, 5.74) is 5.50. The summed E-state index contributed by atoms with van der Waals surface area (Å²) in [7, 11) is 0. The lowest BCUT2D eigenvalue weighted by atomic mass is 10.1. The first-order valence-electron chi connectivity index (χ1n) is 10.6. The summed E-state index contributed by atoms with van der Waals surface area (Å²) in [5, 5.41) is 2.42. The second kappa shape index (κ2) is 9.48. The highest BCUT2D eigenvalue weighted by Gasteiger charge is 2.08. The van der Waals surface area contributed by atoms with Gasteiger partial charge in [0.1, 0.15) is 6.61 Å². The van der Waals surface area contributed by atoms with E-state index in [0.29, 0.717) is 13.2 Å². The molecule has 0 radical (unpaired) electrons. The molecule has 0 unspecified atom stereocenters. The zero-order valence-corrected chi connectivity index (χ0v) is 18.3. The van der Waals surface area contributed by atoms with Crippen LogP contribution in [0.15, 0.2) is 83.9 Å². The first-order chi connectivity index (χ1) is 15.1. The predicted molar refractivity (Wildman–Crippen MR) is 129 cm³/mol. The Labute approximate surface area is 184 Å². The Hall–Kier alpha value is -3.59. The van der Waals surface area contributed by atoms with E-state index in [1.807, 2.05) is 37.4 Å². The van der Waals surface area contributed by atoms with Crippen molar-refractivity contribution in [1.82, 2.24) is 0 Å². The van der Waals surface area contributed by atoms with Crippen molar-refractivity contribution in [1.29, 1.82) is 0 Å². The summed E-state index contributed by atoms with van der Waals surface area (Å²) in [6.07, 6.45) is 1.87. The van der Waals surface area contributed by atoms with Crippen LogP contribution in [0.5, 0.6) is 11.5 Å². The molecule has 0 aromatic heterocycles. The molecule has 0 aliphatic carbocycles. The fourth-order valence-corrected chi connectivity index (χ4v) is 3.66. The van der Waals surface area contributed by atoms with E-state index in [9.17, 15) is 0 Å². The monoisotopic (exact) mass is 409 g/mol. The van der Waals surface area contributed by atoms with Crippen molar-refractivity contribution >= 4 is 22.7 Å². The Bertz CT molecular complexity index is 1220. The van der Waals surface area contributed by atoms with Gasteiger partial charge in [-0.3, -0.25) is 4.99 Å². The highest BCUT2D eigenvalue weighted by atomic mass is 16.5. The van der Waals surface area contributed by atoms with Crippen molar-refractivity contribution in [2.24, 2.45) is 4.99 Å². The lowest BCUT2D eigenvalue weighted by molar-refractivity contribution is 0.270. The van der Waals surface area contributed by atoms with Crippen LogP contribution < -0.4 is 9.47 Å². The minimum absolute atomic E-state index is 0.484. The molecule has 4 rings (SSSR count). The van der Waals surface area contributed by atoms with Gasteiger partial charge in [0.05, 0.1) is 12.3 Å². The molecule has 0 atom stereocenters. The Morgan fingerprint density at radius 2 is 1.65 bits per heavy atom. The normalized spacial score (nSPS) is 11.2. The van der Waals surface area contributed by atoms with Gasteiger partial charge >= 0.3 is 0 Å². The Kier molecular flexibility index (Phi) is 6.32. The minimum Gasteiger partial charge on any atom is -0.490 e.